The Balaban J connectivity index is 1.50. The van der Waals surface area contributed by atoms with Crippen LogP contribution in [0.1, 0.15) is 11.1 Å². The van der Waals surface area contributed by atoms with Gasteiger partial charge in [0.05, 0.1) is 5.52 Å². The molecule has 1 aliphatic heterocycles. The van der Waals surface area contributed by atoms with Gasteiger partial charge < -0.3 is 9.30 Å². The van der Waals surface area contributed by atoms with E-state index < -0.39 is 0 Å². The number of fused-ring (bicyclic) bond motifs is 2. The number of benzene rings is 2. The molecule has 25 heavy (non-hydrogen) atoms. The average molecular weight is 334 g/mol. The molecule has 0 N–H and O–H groups in total. The molecule has 0 fully saturated rings. The number of nitrogens with zero attached hydrogens (tertiary/aromatic N) is 2. The first-order valence-electron chi connectivity index (χ1n) is 8.62. The van der Waals surface area contributed by atoms with Crippen LogP contribution in [0.3, 0.4) is 0 Å². The maximum Gasteiger partial charge on any atom is 0.255 e. The summed E-state index contributed by atoms with van der Waals surface area (Å²) in [4.78, 5) is 14.8. The highest BCUT2D eigenvalue weighted by Crippen LogP contribution is 2.28. The Labute approximate surface area is 147 Å². The predicted molar refractivity (Wildman–Crippen MR) is 100 cm³/mol. The third-order valence-electron chi connectivity index (χ3n) is 4.88. The fourth-order valence-electron chi connectivity index (χ4n) is 3.66. The molecule has 1 aliphatic rings. The van der Waals surface area contributed by atoms with Gasteiger partial charge in [-0.1, -0.05) is 36.4 Å². The summed E-state index contributed by atoms with van der Waals surface area (Å²) in [7, 11) is 3.88. The Bertz CT molecular complexity index is 952. The first kappa shape index (κ1) is 15.9. The van der Waals surface area contributed by atoms with E-state index in [9.17, 15) is 4.79 Å². The van der Waals surface area contributed by atoms with Gasteiger partial charge in [0.1, 0.15) is 11.9 Å². The highest BCUT2D eigenvalue weighted by atomic mass is 16.5. The van der Waals surface area contributed by atoms with E-state index in [4.69, 9.17) is 4.74 Å². The summed E-state index contributed by atoms with van der Waals surface area (Å²) in [5.41, 5.74) is 3.12. The van der Waals surface area contributed by atoms with Crippen LogP contribution in [0.15, 0.2) is 59.4 Å². The van der Waals surface area contributed by atoms with E-state index in [-0.39, 0.29) is 11.7 Å². The number of hydrogen-bond donors (Lipinski definition) is 0. The van der Waals surface area contributed by atoms with Crippen molar-refractivity contribution >= 4 is 10.9 Å². The summed E-state index contributed by atoms with van der Waals surface area (Å²) in [5.74, 6) is 0.988. The Kier molecular flexibility index (Phi) is 4.06. The quantitative estimate of drug-likeness (QED) is 0.736. The van der Waals surface area contributed by atoms with Gasteiger partial charge in [0.25, 0.3) is 5.56 Å². The normalized spacial score (nSPS) is 16.2. The Morgan fingerprint density at radius 3 is 2.76 bits per heavy atom. The SMILES string of the molecule is CN(Cc1cc2ccccc2n(C)c1=O)C[C@H]1Cc2ccccc2O1. The van der Waals surface area contributed by atoms with E-state index in [1.807, 2.05) is 56.6 Å². The number of pyridine rings is 1. The second-order valence-corrected chi connectivity index (χ2v) is 6.84. The lowest BCUT2D eigenvalue weighted by Crippen LogP contribution is -2.34. The second-order valence-electron chi connectivity index (χ2n) is 6.84. The number of aromatic nitrogens is 1. The molecule has 0 bridgehead atoms. The zero-order chi connectivity index (χ0) is 17.4. The molecular weight excluding hydrogens is 312 g/mol. The molecular formula is C21H22N2O2. The third kappa shape index (κ3) is 3.05. The lowest BCUT2D eigenvalue weighted by molar-refractivity contribution is 0.165. The van der Waals surface area contributed by atoms with Gasteiger partial charge in [-0.3, -0.25) is 9.69 Å². The number of para-hydroxylation sites is 2. The van der Waals surface area contributed by atoms with Crippen LogP contribution >= 0.6 is 0 Å². The zero-order valence-corrected chi connectivity index (χ0v) is 14.6. The van der Waals surface area contributed by atoms with E-state index in [1.54, 1.807) is 4.57 Å². The van der Waals surface area contributed by atoms with E-state index in [1.165, 1.54) is 5.56 Å². The molecule has 0 amide bonds. The van der Waals surface area contributed by atoms with Gasteiger partial charge in [-0.25, -0.2) is 0 Å². The lowest BCUT2D eigenvalue weighted by atomic mass is 10.1. The number of rotatable bonds is 4. The van der Waals surface area contributed by atoms with E-state index in [2.05, 4.69) is 17.0 Å². The Morgan fingerprint density at radius 1 is 1.16 bits per heavy atom. The maximum absolute atomic E-state index is 12.6. The monoisotopic (exact) mass is 334 g/mol. The fraction of sp³-hybridized carbons (Fsp3) is 0.286. The first-order valence-corrected chi connectivity index (χ1v) is 8.62. The van der Waals surface area contributed by atoms with Gasteiger partial charge in [-0.15, -0.1) is 0 Å². The highest BCUT2D eigenvalue weighted by molar-refractivity contribution is 5.79. The Morgan fingerprint density at radius 2 is 1.92 bits per heavy atom. The molecule has 0 unspecified atom stereocenters. The Hall–Kier alpha value is -2.59. The molecule has 4 nitrogen and oxygen atoms in total. The smallest absolute Gasteiger partial charge is 0.255 e. The molecule has 4 rings (SSSR count). The standard InChI is InChI=1S/C21H22N2O2/c1-22(14-18-12-16-8-4-6-10-20(16)25-18)13-17-11-15-7-3-5-9-19(15)23(2)21(17)24/h3-11,18H,12-14H2,1-2H3/t18-/m1/s1. The first-order chi connectivity index (χ1) is 12.1. The van der Waals surface area contributed by atoms with E-state index in [0.717, 1.165) is 35.2 Å². The topological polar surface area (TPSA) is 34.5 Å². The minimum atomic E-state index is 0.0705. The van der Waals surface area contributed by atoms with Gasteiger partial charge in [0, 0.05) is 32.1 Å². The molecule has 0 aliphatic carbocycles. The lowest BCUT2D eigenvalue weighted by Gasteiger charge is -2.21. The van der Waals surface area contributed by atoms with Gasteiger partial charge in [-0.2, -0.15) is 0 Å². The van der Waals surface area contributed by atoms with Crippen LogP contribution in [0.25, 0.3) is 10.9 Å². The van der Waals surface area contributed by atoms with Crippen LogP contribution in [0.2, 0.25) is 0 Å². The van der Waals surface area contributed by atoms with Crippen LogP contribution in [0.5, 0.6) is 5.75 Å². The molecule has 0 radical (unpaired) electrons. The minimum Gasteiger partial charge on any atom is -0.488 e. The molecule has 0 spiro atoms. The van der Waals surface area contributed by atoms with Crippen LogP contribution in [0.4, 0.5) is 0 Å². The van der Waals surface area contributed by atoms with Gasteiger partial charge in [0.2, 0.25) is 0 Å². The summed E-state index contributed by atoms with van der Waals surface area (Å²) in [6.45, 7) is 1.42. The number of hydrogen-bond acceptors (Lipinski definition) is 3. The fourth-order valence-corrected chi connectivity index (χ4v) is 3.66. The molecule has 3 aromatic rings. The predicted octanol–water partition coefficient (Wildman–Crippen LogP) is 2.97. The molecule has 0 saturated heterocycles. The summed E-state index contributed by atoms with van der Waals surface area (Å²) in [6, 6.07) is 18.2. The van der Waals surface area contributed by atoms with Crippen molar-refractivity contribution < 1.29 is 4.74 Å². The zero-order valence-electron chi connectivity index (χ0n) is 14.6. The van der Waals surface area contributed by atoms with E-state index in [0.29, 0.717) is 6.54 Å². The van der Waals surface area contributed by atoms with Crippen LogP contribution in [0, 0.1) is 0 Å². The third-order valence-corrected chi connectivity index (χ3v) is 4.88. The minimum absolute atomic E-state index is 0.0705. The number of aryl methyl sites for hydroxylation is 1. The molecule has 4 heteroatoms. The van der Waals surface area contributed by atoms with Crippen LogP contribution in [-0.2, 0) is 20.0 Å². The number of likely N-dealkylation sites (N-methyl/N-ethyl adjacent to an activating group) is 1. The van der Waals surface area contributed by atoms with Gasteiger partial charge in [-0.05, 0) is 36.2 Å². The summed E-state index contributed by atoms with van der Waals surface area (Å²) in [5, 5.41) is 1.09. The van der Waals surface area contributed by atoms with Crippen molar-refractivity contribution in [2.24, 2.45) is 7.05 Å². The van der Waals surface area contributed by atoms with E-state index >= 15 is 0 Å². The summed E-state index contributed by atoms with van der Waals surface area (Å²) in [6.07, 6.45) is 1.07. The van der Waals surface area contributed by atoms with Crippen LogP contribution in [-0.4, -0.2) is 29.2 Å². The van der Waals surface area contributed by atoms with Crippen molar-refractivity contribution in [1.82, 2.24) is 9.47 Å². The van der Waals surface area contributed by atoms with Crippen molar-refractivity contribution in [1.29, 1.82) is 0 Å². The molecule has 0 saturated carbocycles. The van der Waals surface area contributed by atoms with Crippen molar-refractivity contribution in [3.8, 4) is 5.75 Å². The largest absolute Gasteiger partial charge is 0.488 e. The molecule has 2 aromatic carbocycles. The van der Waals surface area contributed by atoms with Gasteiger partial charge >= 0.3 is 0 Å². The van der Waals surface area contributed by atoms with Crippen molar-refractivity contribution in [2.75, 3.05) is 13.6 Å². The maximum atomic E-state index is 12.6. The van der Waals surface area contributed by atoms with Crippen molar-refractivity contribution in [2.45, 2.75) is 19.1 Å². The molecule has 1 atom stereocenters. The molecule has 2 heterocycles. The second kappa shape index (κ2) is 6.37. The summed E-state index contributed by atoms with van der Waals surface area (Å²) >= 11 is 0. The van der Waals surface area contributed by atoms with Crippen LogP contribution < -0.4 is 10.3 Å². The summed E-state index contributed by atoms with van der Waals surface area (Å²) < 4.78 is 7.75. The highest BCUT2D eigenvalue weighted by Gasteiger charge is 2.23. The molecule has 128 valence electrons. The molecule has 1 aromatic heterocycles. The number of ether oxygens (including phenoxy) is 1. The van der Waals surface area contributed by atoms with Gasteiger partial charge in [0.15, 0.2) is 0 Å². The van der Waals surface area contributed by atoms with Crippen molar-refractivity contribution in [3.63, 3.8) is 0 Å². The van der Waals surface area contributed by atoms with Crippen molar-refractivity contribution in [3.05, 3.63) is 76.1 Å². The average Bonchev–Trinajstić information content (AvgIpc) is 3.01.